The second-order valence-electron chi connectivity index (χ2n) is 3.31. The molecule has 0 aliphatic rings. The molecule has 0 amide bonds. The summed E-state index contributed by atoms with van der Waals surface area (Å²) in [5, 5.41) is 3.75. The number of anilines is 2. The van der Waals surface area contributed by atoms with E-state index in [1.165, 1.54) is 11.3 Å². The Balaban J connectivity index is 2.10. The number of nitrogen functional groups attached to an aromatic ring is 1. The molecule has 0 radical (unpaired) electrons. The molecule has 2 rings (SSSR count). The molecule has 2 aromatic heterocycles. The van der Waals surface area contributed by atoms with Gasteiger partial charge in [-0.05, 0) is 18.5 Å². The molecule has 2 aromatic rings. The van der Waals surface area contributed by atoms with Crippen LogP contribution in [-0.2, 0) is 11.3 Å². The number of nitrogens with one attached hydrogen (secondary N) is 1. The van der Waals surface area contributed by atoms with E-state index in [4.69, 9.17) is 10.5 Å². The van der Waals surface area contributed by atoms with Crippen LogP contribution in [0.2, 0.25) is 0 Å². The lowest BCUT2D eigenvalue weighted by Gasteiger charge is -2.05. The van der Waals surface area contributed by atoms with Crippen molar-refractivity contribution in [1.82, 2.24) is 9.36 Å². The Labute approximate surface area is 112 Å². The van der Waals surface area contributed by atoms with E-state index in [1.807, 2.05) is 0 Å². The van der Waals surface area contributed by atoms with Gasteiger partial charge in [-0.1, -0.05) is 0 Å². The number of nitrogens with zero attached hydrogens (tertiary/aromatic N) is 2. The highest BCUT2D eigenvalue weighted by atomic mass is 32.1. The van der Waals surface area contributed by atoms with Crippen LogP contribution in [0.4, 0.5) is 10.8 Å². The predicted octanol–water partition coefficient (Wildman–Crippen LogP) is 1.97. The highest BCUT2D eigenvalue weighted by molar-refractivity contribution is 7.11. The number of thiazole rings is 1. The molecule has 0 saturated heterocycles. The molecule has 0 unspecified atom stereocenters. The van der Waals surface area contributed by atoms with Gasteiger partial charge in [0, 0.05) is 11.1 Å². The van der Waals surface area contributed by atoms with Crippen LogP contribution < -0.4 is 11.1 Å². The quantitative estimate of drug-likeness (QED) is 0.816. The minimum atomic E-state index is -0.449. The first-order valence-corrected chi connectivity index (χ1v) is 6.91. The van der Waals surface area contributed by atoms with Crippen molar-refractivity contribution in [3.05, 3.63) is 22.1 Å². The van der Waals surface area contributed by atoms with Crippen molar-refractivity contribution in [2.75, 3.05) is 17.7 Å². The van der Waals surface area contributed by atoms with Crippen molar-refractivity contribution in [2.45, 2.75) is 13.5 Å². The smallest absolute Gasteiger partial charge is 0.344 e. The minimum Gasteiger partial charge on any atom is -0.462 e. The lowest BCUT2D eigenvalue weighted by Crippen LogP contribution is -2.09. The van der Waals surface area contributed by atoms with E-state index >= 15 is 0 Å². The summed E-state index contributed by atoms with van der Waals surface area (Å²) in [4.78, 5) is 16.8. The Morgan fingerprint density at radius 2 is 2.44 bits per heavy atom. The van der Waals surface area contributed by atoms with Gasteiger partial charge in [0.05, 0.1) is 18.7 Å². The van der Waals surface area contributed by atoms with Gasteiger partial charge >= 0.3 is 5.97 Å². The van der Waals surface area contributed by atoms with E-state index in [0.29, 0.717) is 23.7 Å². The molecule has 0 aromatic carbocycles. The van der Waals surface area contributed by atoms with Crippen molar-refractivity contribution >= 4 is 39.7 Å². The summed E-state index contributed by atoms with van der Waals surface area (Å²) in [5.74, 6) is -0.249. The largest absolute Gasteiger partial charge is 0.462 e. The maximum atomic E-state index is 11.7. The second kappa shape index (κ2) is 5.78. The minimum absolute atomic E-state index is 0.199. The fourth-order valence-electron chi connectivity index (χ4n) is 1.32. The zero-order valence-corrected chi connectivity index (χ0v) is 11.3. The van der Waals surface area contributed by atoms with Gasteiger partial charge in [0.15, 0.2) is 5.82 Å². The first kappa shape index (κ1) is 12.8. The zero-order chi connectivity index (χ0) is 13.0. The number of ether oxygens (including phenoxy) is 1. The van der Waals surface area contributed by atoms with E-state index < -0.39 is 5.97 Å². The summed E-state index contributed by atoms with van der Waals surface area (Å²) in [6.45, 7) is 2.64. The van der Waals surface area contributed by atoms with Gasteiger partial charge in [0.25, 0.3) is 0 Å². The molecule has 96 valence electrons. The molecule has 3 N–H and O–H groups in total. The number of hydrogen-bond donors (Lipinski definition) is 2. The fourth-order valence-corrected chi connectivity index (χ4v) is 2.55. The summed E-state index contributed by atoms with van der Waals surface area (Å²) in [7, 11) is 0. The highest BCUT2D eigenvalue weighted by Crippen LogP contribution is 2.28. The first-order chi connectivity index (χ1) is 8.72. The summed E-state index contributed by atoms with van der Waals surface area (Å²) in [6, 6.07) is 0. The summed E-state index contributed by atoms with van der Waals surface area (Å²) in [6.07, 6.45) is 1.77. The van der Waals surface area contributed by atoms with E-state index in [9.17, 15) is 4.79 Å². The van der Waals surface area contributed by atoms with Gasteiger partial charge in [-0.15, -0.1) is 11.3 Å². The van der Waals surface area contributed by atoms with Crippen molar-refractivity contribution in [3.8, 4) is 0 Å². The van der Waals surface area contributed by atoms with Gasteiger partial charge in [-0.3, -0.25) is 4.98 Å². The monoisotopic (exact) mass is 284 g/mol. The van der Waals surface area contributed by atoms with E-state index in [0.717, 1.165) is 16.4 Å². The number of hydrogen-bond acceptors (Lipinski definition) is 8. The lowest BCUT2D eigenvalue weighted by molar-refractivity contribution is 0.0529. The molecule has 6 nitrogen and oxygen atoms in total. The highest BCUT2D eigenvalue weighted by Gasteiger charge is 2.20. The number of aromatic nitrogens is 2. The van der Waals surface area contributed by atoms with Gasteiger partial charge < -0.3 is 15.8 Å². The van der Waals surface area contributed by atoms with E-state index in [-0.39, 0.29) is 5.82 Å². The molecule has 18 heavy (non-hydrogen) atoms. The summed E-state index contributed by atoms with van der Waals surface area (Å²) in [5.41, 5.74) is 7.74. The molecule has 0 fully saturated rings. The van der Waals surface area contributed by atoms with Gasteiger partial charge in [0.1, 0.15) is 10.6 Å². The normalized spacial score (nSPS) is 10.3. The van der Waals surface area contributed by atoms with Crippen molar-refractivity contribution in [2.24, 2.45) is 0 Å². The molecule has 0 spiro atoms. The third-order valence-corrected chi connectivity index (χ3v) is 3.70. The Morgan fingerprint density at radius 3 is 3.11 bits per heavy atom. The topological polar surface area (TPSA) is 90.1 Å². The molecule has 0 aliphatic carbocycles. The predicted molar refractivity (Wildman–Crippen MR) is 71.9 cm³/mol. The Kier molecular flexibility index (Phi) is 4.11. The Morgan fingerprint density at radius 1 is 1.61 bits per heavy atom. The number of carbonyl (C=O) groups is 1. The third kappa shape index (κ3) is 2.77. The van der Waals surface area contributed by atoms with E-state index in [2.05, 4.69) is 14.7 Å². The molecule has 2 heterocycles. The number of nitrogens with two attached hydrogens (primary N) is 1. The van der Waals surface area contributed by atoms with E-state index in [1.54, 1.807) is 18.6 Å². The van der Waals surface area contributed by atoms with Crippen LogP contribution >= 0.6 is 22.9 Å². The average Bonchev–Trinajstić information content (AvgIpc) is 2.96. The van der Waals surface area contributed by atoms with Gasteiger partial charge in [-0.25, -0.2) is 4.79 Å². The fraction of sp³-hybridized carbons (Fsp3) is 0.300. The van der Waals surface area contributed by atoms with Crippen LogP contribution in [0.25, 0.3) is 0 Å². The van der Waals surface area contributed by atoms with Gasteiger partial charge in [-0.2, -0.15) is 4.37 Å². The zero-order valence-electron chi connectivity index (χ0n) is 9.67. The standard InChI is InChI=1S/C10H12N4O2S2/c1-2-16-10(15)7-8(11)14-18-9(7)13-4-6-3-12-5-17-6/h3,5,13H,2,4H2,1H3,(H2,11,14). The van der Waals surface area contributed by atoms with Crippen LogP contribution in [0.1, 0.15) is 22.2 Å². The first-order valence-electron chi connectivity index (χ1n) is 5.26. The molecular weight excluding hydrogens is 272 g/mol. The molecule has 0 atom stereocenters. The molecule has 8 heteroatoms. The second-order valence-corrected chi connectivity index (χ2v) is 5.06. The molecule has 0 aliphatic heterocycles. The number of carbonyl (C=O) groups excluding carboxylic acids is 1. The number of rotatable bonds is 5. The van der Waals surface area contributed by atoms with Crippen molar-refractivity contribution < 1.29 is 9.53 Å². The Hall–Kier alpha value is -1.67. The summed E-state index contributed by atoms with van der Waals surface area (Å²) < 4.78 is 8.91. The molecule has 0 bridgehead atoms. The molecular formula is C10H12N4O2S2. The molecule has 0 saturated carbocycles. The number of esters is 1. The van der Waals surface area contributed by atoms with Crippen LogP contribution in [-0.4, -0.2) is 21.9 Å². The van der Waals surface area contributed by atoms with Crippen LogP contribution in [0, 0.1) is 0 Å². The lowest BCUT2D eigenvalue weighted by atomic mass is 10.3. The van der Waals surface area contributed by atoms with Crippen LogP contribution in [0.5, 0.6) is 0 Å². The SMILES string of the molecule is CCOC(=O)c1c(N)nsc1NCc1cncs1. The average molecular weight is 284 g/mol. The van der Waals surface area contributed by atoms with Crippen molar-refractivity contribution in [1.29, 1.82) is 0 Å². The van der Waals surface area contributed by atoms with Crippen LogP contribution in [0.15, 0.2) is 11.7 Å². The third-order valence-electron chi connectivity index (χ3n) is 2.10. The van der Waals surface area contributed by atoms with Gasteiger partial charge in [0.2, 0.25) is 0 Å². The maximum absolute atomic E-state index is 11.7. The van der Waals surface area contributed by atoms with Crippen LogP contribution in [0.3, 0.4) is 0 Å². The van der Waals surface area contributed by atoms with Crippen molar-refractivity contribution in [3.63, 3.8) is 0 Å². The summed E-state index contributed by atoms with van der Waals surface area (Å²) >= 11 is 2.69. The maximum Gasteiger partial charge on any atom is 0.344 e. The Bertz CT molecular complexity index is 524.